The summed E-state index contributed by atoms with van der Waals surface area (Å²) in [6.45, 7) is 1.73. The minimum atomic E-state index is -0.197. The maximum Gasteiger partial charge on any atom is 0.289 e. The molecule has 2 N–H and O–H groups in total. The molecule has 3 aromatic rings. The number of halogens is 1. The number of benzene rings is 1. The van der Waals surface area contributed by atoms with Crippen LogP contribution >= 0.6 is 11.6 Å². The predicted molar refractivity (Wildman–Crippen MR) is 113 cm³/mol. The molecule has 1 saturated heterocycles. The van der Waals surface area contributed by atoms with E-state index in [4.69, 9.17) is 26.4 Å². The van der Waals surface area contributed by atoms with Crippen molar-refractivity contribution in [2.75, 3.05) is 18.3 Å². The Balaban J connectivity index is 1.38. The predicted octanol–water partition coefficient (Wildman–Crippen LogP) is 3.61. The Morgan fingerprint density at radius 3 is 2.71 bits per heavy atom. The highest BCUT2D eigenvalue weighted by Crippen LogP contribution is 2.36. The lowest BCUT2D eigenvalue weighted by atomic mass is 9.83. The molecule has 8 nitrogen and oxygen atoms in total. The summed E-state index contributed by atoms with van der Waals surface area (Å²) in [7, 11) is 0. The summed E-state index contributed by atoms with van der Waals surface area (Å²) in [5.41, 5.74) is 1.64. The molecule has 1 fully saturated rings. The van der Waals surface area contributed by atoms with Crippen LogP contribution in [0.2, 0.25) is 5.02 Å². The molecule has 2 atom stereocenters. The molecule has 9 heteroatoms. The van der Waals surface area contributed by atoms with Crippen molar-refractivity contribution in [3.8, 4) is 11.3 Å². The lowest BCUT2D eigenvalue weighted by Crippen LogP contribution is -2.49. The Hall–Kier alpha value is -3.07. The number of piperidine rings is 1. The third kappa shape index (κ3) is 3.52. The Labute approximate surface area is 182 Å². The van der Waals surface area contributed by atoms with Gasteiger partial charge in [-0.3, -0.25) is 20.0 Å². The van der Waals surface area contributed by atoms with E-state index in [1.165, 1.54) is 12.1 Å². The molecule has 4 heterocycles. The first-order chi connectivity index (χ1) is 14.9. The molecule has 2 bridgehead atoms. The molecule has 1 amide bonds. The van der Waals surface area contributed by atoms with Crippen LogP contribution in [-0.4, -0.2) is 38.9 Å². The maximum absolute atomic E-state index is 13.1. The normalized spacial score (nSPS) is 19.8. The lowest BCUT2D eigenvalue weighted by molar-refractivity contribution is 0.0291. The van der Waals surface area contributed by atoms with Gasteiger partial charge in [0.2, 0.25) is 0 Å². The molecule has 0 spiro atoms. The molecule has 0 saturated carbocycles. The van der Waals surface area contributed by atoms with Crippen LogP contribution in [0, 0.1) is 5.92 Å². The zero-order chi connectivity index (χ0) is 21.7. The second kappa shape index (κ2) is 7.56. The molecule has 160 valence electrons. The van der Waals surface area contributed by atoms with Crippen molar-refractivity contribution < 1.29 is 19.6 Å². The number of fused-ring (bicyclic) bond motifs is 4. The van der Waals surface area contributed by atoms with E-state index in [0.717, 1.165) is 12.1 Å². The summed E-state index contributed by atoms with van der Waals surface area (Å²) in [6, 6.07) is 13.0. The SMILES string of the molecule is O=C(c1ccc(-c2ccc(N(O)O)cc2Cl)o1)N1CC2CC(C1)c1cccc(=O)n1C2. The number of pyridine rings is 1. The van der Waals surface area contributed by atoms with Crippen LogP contribution in [0.3, 0.4) is 0 Å². The zero-order valence-corrected chi connectivity index (χ0v) is 17.2. The van der Waals surface area contributed by atoms with E-state index in [2.05, 4.69) is 0 Å². The number of likely N-dealkylation sites (tertiary alicyclic amines) is 1. The molecule has 0 radical (unpaired) electrons. The summed E-state index contributed by atoms with van der Waals surface area (Å²) in [5.74, 6) is 0.786. The molecule has 1 aromatic carbocycles. The summed E-state index contributed by atoms with van der Waals surface area (Å²) >= 11 is 6.24. The molecule has 2 aliphatic rings. The van der Waals surface area contributed by atoms with Crippen molar-refractivity contribution in [1.29, 1.82) is 0 Å². The quantitative estimate of drug-likeness (QED) is 0.602. The van der Waals surface area contributed by atoms with Gasteiger partial charge >= 0.3 is 0 Å². The molecule has 2 unspecified atom stereocenters. The number of nitrogens with zero attached hydrogens (tertiary/aromatic N) is 3. The molecule has 2 aromatic heterocycles. The first-order valence-corrected chi connectivity index (χ1v) is 10.3. The van der Waals surface area contributed by atoms with Crippen molar-refractivity contribution in [2.24, 2.45) is 5.92 Å². The Morgan fingerprint density at radius 1 is 1.10 bits per heavy atom. The minimum absolute atomic E-state index is 0.0102. The third-order valence-corrected chi connectivity index (χ3v) is 6.35. The van der Waals surface area contributed by atoms with Crippen molar-refractivity contribution in [1.82, 2.24) is 9.47 Å². The average molecular weight is 442 g/mol. The van der Waals surface area contributed by atoms with Gasteiger partial charge in [0.05, 0.1) is 10.7 Å². The first kappa shape index (κ1) is 19.9. The standard InChI is InChI=1S/C22H20ClN3O5/c23-17-9-15(26(29)30)4-5-16(17)19-6-7-20(31-19)22(28)24-10-13-8-14(12-24)18-2-1-3-21(27)25(18)11-13/h1-7,9,13-14,29-30H,8,10-12H2. The van der Waals surface area contributed by atoms with Gasteiger partial charge in [0.25, 0.3) is 11.5 Å². The Kier molecular flexibility index (Phi) is 4.85. The van der Waals surface area contributed by atoms with Gasteiger partial charge in [0.15, 0.2) is 5.76 Å². The Morgan fingerprint density at radius 2 is 1.94 bits per heavy atom. The van der Waals surface area contributed by atoms with E-state index < -0.39 is 0 Å². The van der Waals surface area contributed by atoms with Crippen LogP contribution in [0.15, 0.2) is 57.7 Å². The Bertz CT molecular complexity index is 1220. The van der Waals surface area contributed by atoms with Crippen LogP contribution in [0.5, 0.6) is 0 Å². The molecular weight excluding hydrogens is 422 g/mol. The van der Waals surface area contributed by atoms with Gasteiger partial charge in [0, 0.05) is 42.9 Å². The number of furan rings is 1. The van der Waals surface area contributed by atoms with Crippen molar-refractivity contribution >= 4 is 23.2 Å². The van der Waals surface area contributed by atoms with E-state index in [1.807, 2.05) is 10.6 Å². The van der Waals surface area contributed by atoms with E-state index in [-0.39, 0.29) is 45.0 Å². The highest BCUT2D eigenvalue weighted by atomic mass is 35.5. The molecular formula is C22H20ClN3O5. The fraction of sp³-hybridized carbons (Fsp3) is 0.273. The van der Waals surface area contributed by atoms with Gasteiger partial charge in [-0.1, -0.05) is 17.7 Å². The third-order valence-electron chi connectivity index (χ3n) is 6.03. The second-order valence-electron chi connectivity index (χ2n) is 8.03. The van der Waals surface area contributed by atoms with Gasteiger partial charge in [-0.05, 0) is 48.7 Å². The second-order valence-corrected chi connectivity index (χ2v) is 8.43. The number of hydrogen-bond donors (Lipinski definition) is 2. The van der Waals surface area contributed by atoms with Crippen LogP contribution in [0.1, 0.15) is 28.6 Å². The number of carbonyl (C=O) groups is 1. The lowest BCUT2D eigenvalue weighted by Gasteiger charge is -2.42. The van der Waals surface area contributed by atoms with Crippen molar-refractivity contribution in [2.45, 2.75) is 18.9 Å². The van der Waals surface area contributed by atoms with Gasteiger partial charge < -0.3 is 13.9 Å². The highest BCUT2D eigenvalue weighted by molar-refractivity contribution is 6.33. The summed E-state index contributed by atoms with van der Waals surface area (Å²) in [5, 5.41) is 18.5. The van der Waals surface area contributed by atoms with E-state index in [9.17, 15) is 9.59 Å². The highest BCUT2D eigenvalue weighted by Gasteiger charge is 2.37. The van der Waals surface area contributed by atoms with Crippen molar-refractivity contribution in [3.63, 3.8) is 0 Å². The fourth-order valence-corrected chi connectivity index (χ4v) is 4.91. The largest absolute Gasteiger partial charge is 0.451 e. The van der Waals surface area contributed by atoms with Gasteiger partial charge in [-0.15, -0.1) is 5.23 Å². The molecule has 2 aliphatic heterocycles. The molecule has 0 aliphatic carbocycles. The van der Waals surface area contributed by atoms with Gasteiger partial charge in [-0.25, -0.2) is 0 Å². The fourth-order valence-electron chi connectivity index (χ4n) is 4.64. The van der Waals surface area contributed by atoms with E-state index in [1.54, 1.807) is 35.2 Å². The topological polar surface area (TPSA) is 99.2 Å². The van der Waals surface area contributed by atoms with Crippen LogP contribution in [-0.2, 0) is 6.54 Å². The van der Waals surface area contributed by atoms with E-state index in [0.29, 0.717) is 31.0 Å². The monoisotopic (exact) mass is 441 g/mol. The van der Waals surface area contributed by atoms with Gasteiger partial charge in [0.1, 0.15) is 5.76 Å². The number of anilines is 1. The molecule has 5 rings (SSSR count). The first-order valence-electron chi connectivity index (χ1n) is 9.97. The van der Waals surface area contributed by atoms with Crippen LogP contribution in [0.4, 0.5) is 5.69 Å². The number of carbonyl (C=O) groups excluding carboxylic acids is 1. The van der Waals surface area contributed by atoms with Crippen LogP contribution in [0.25, 0.3) is 11.3 Å². The number of hydrogen-bond acceptors (Lipinski definition) is 6. The van der Waals surface area contributed by atoms with Crippen LogP contribution < -0.4 is 10.8 Å². The average Bonchev–Trinajstić information content (AvgIpc) is 3.23. The zero-order valence-electron chi connectivity index (χ0n) is 16.4. The maximum atomic E-state index is 13.1. The minimum Gasteiger partial charge on any atom is -0.451 e. The summed E-state index contributed by atoms with van der Waals surface area (Å²) in [4.78, 5) is 27.1. The summed E-state index contributed by atoms with van der Waals surface area (Å²) in [6.07, 6.45) is 0.964. The molecule has 31 heavy (non-hydrogen) atoms. The summed E-state index contributed by atoms with van der Waals surface area (Å²) < 4.78 is 7.64. The van der Waals surface area contributed by atoms with Crippen molar-refractivity contribution in [3.05, 3.63) is 75.4 Å². The van der Waals surface area contributed by atoms with Gasteiger partial charge in [-0.2, -0.15) is 0 Å². The number of amides is 1. The number of aromatic nitrogens is 1. The smallest absolute Gasteiger partial charge is 0.289 e. The number of rotatable bonds is 3. The van der Waals surface area contributed by atoms with E-state index >= 15 is 0 Å².